The van der Waals surface area contributed by atoms with Gasteiger partial charge in [0.2, 0.25) is 17.7 Å². The third-order valence-corrected chi connectivity index (χ3v) is 8.07. The topological polar surface area (TPSA) is 117 Å². The predicted molar refractivity (Wildman–Crippen MR) is 145 cm³/mol. The van der Waals surface area contributed by atoms with Gasteiger partial charge in [-0.2, -0.15) is 0 Å². The van der Waals surface area contributed by atoms with Gasteiger partial charge in [-0.25, -0.2) is 0 Å². The first-order chi connectivity index (χ1) is 18.8. The molecule has 2 aromatic rings. The fraction of sp³-hybridized carbons (Fsp3) is 0.500. The molecule has 3 saturated heterocycles. The van der Waals surface area contributed by atoms with Crippen LogP contribution in [0.25, 0.3) is 0 Å². The number of hydrogen-bond donors (Lipinski definition) is 3. The van der Waals surface area contributed by atoms with E-state index in [1.165, 1.54) is 4.90 Å². The largest absolute Gasteiger partial charge is 0.494 e. The van der Waals surface area contributed by atoms with Gasteiger partial charge in [-0.05, 0) is 69.9 Å². The molecule has 0 aromatic heterocycles. The van der Waals surface area contributed by atoms with Crippen LogP contribution < -0.4 is 15.4 Å². The zero-order chi connectivity index (χ0) is 27.7. The molecule has 3 heterocycles. The summed E-state index contributed by atoms with van der Waals surface area (Å²) in [7, 11) is 0. The number of aliphatic hydroxyl groups excluding tert-OH is 1. The molecule has 9 heteroatoms. The lowest BCUT2D eigenvalue weighted by molar-refractivity contribution is -0.145. The second-order valence-electron chi connectivity index (χ2n) is 10.9. The number of nitrogens with one attached hydrogen (secondary N) is 2. The highest BCUT2D eigenvalue weighted by Crippen LogP contribution is 2.59. The number of hydrogen-bond acceptors (Lipinski definition) is 6. The molecule has 3 fully saturated rings. The van der Waals surface area contributed by atoms with E-state index in [1.54, 1.807) is 24.3 Å². The number of aliphatic hydroxyl groups is 1. The monoisotopic (exact) mass is 535 g/mol. The van der Waals surface area contributed by atoms with Gasteiger partial charge < -0.3 is 30.1 Å². The van der Waals surface area contributed by atoms with Crippen LogP contribution in [0.4, 0.5) is 5.69 Å². The molecule has 9 nitrogen and oxygen atoms in total. The van der Waals surface area contributed by atoms with Crippen molar-refractivity contribution in [3.05, 3.63) is 60.2 Å². The maximum Gasteiger partial charge on any atom is 0.246 e. The van der Waals surface area contributed by atoms with Crippen molar-refractivity contribution in [2.45, 2.75) is 69.9 Å². The van der Waals surface area contributed by atoms with E-state index < -0.39 is 35.6 Å². The standard InChI is InChI=1S/C30H37N3O6/c1-4-38-22-12-10-20(11-13-22)32-27(35)24-23-14-15-30(39-23)25(24)29(37)33(26(30)28(36)31-18(2)3)21(17-34)16-19-8-6-5-7-9-19/h5-13,18,21,23-26,34H,4,14-17H2,1-3H3,(H,31,36)(H,32,35)/t21-,23+,24-,25+,26?,30?/m1/s1. The molecule has 6 atom stereocenters. The first-order valence-electron chi connectivity index (χ1n) is 13.8. The van der Waals surface area contributed by atoms with E-state index in [4.69, 9.17) is 9.47 Å². The minimum Gasteiger partial charge on any atom is -0.494 e. The van der Waals surface area contributed by atoms with E-state index in [2.05, 4.69) is 10.6 Å². The van der Waals surface area contributed by atoms with Crippen molar-refractivity contribution >= 4 is 23.4 Å². The summed E-state index contributed by atoms with van der Waals surface area (Å²) in [6.07, 6.45) is 0.994. The highest BCUT2D eigenvalue weighted by molar-refractivity contribution is 6.02. The Labute approximate surface area is 228 Å². The van der Waals surface area contributed by atoms with E-state index in [-0.39, 0.29) is 30.4 Å². The maximum atomic E-state index is 14.2. The molecule has 3 aliphatic rings. The molecule has 3 amide bonds. The summed E-state index contributed by atoms with van der Waals surface area (Å²) in [5.41, 5.74) is 0.414. The van der Waals surface area contributed by atoms with Crippen molar-refractivity contribution in [2.75, 3.05) is 18.5 Å². The Bertz CT molecular complexity index is 1200. The van der Waals surface area contributed by atoms with Crippen molar-refractivity contribution in [3.63, 3.8) is 0 Å². The lowest BCUT2D eigenvalue weighted by atomic mass is 9.70. The average Bonchev–Trinajstić information content (AvgIpc) is 3.56. The summed E-state index contributed by atoms with van der Waals surface area (Å²) >= 11 is 0. The van der Waals surface area contributed by atoms with E-state index in [1.807, 2.05) is 51.1 Å². The van der Waals surface area contributed by atoms with Crippen LogP contribution >= 0.6 is 0 Å². The number of rotatable bonds is 10. The van der Waals surface area contributed by atoms with Gasteiger partial charge in [0.1, 0.15) is 17.4 Å². The van der Waals surface area contributed by atoms with Gasteiger partial charge in [0.25, 0.3) is 0 Å². The molecule has 3 N–H and O–H groups in total. The molecule has 2 aromatic carbocycles. The number of benzene rings is 2. The van der Waals surface area contributed by atoms with Crippen molar-refractivity contribution in [2.24, 2.45) is 11.8 Å². The van der Waals surface area contributed by atoms with Gasteiger partial charge in [0.05, 0.1) is 37.2 Å². The molecule has 1 spiro atoms. The lowest BCUT2D eigenvalue weighted by Gasteiger charge is -2.37. The minimum atomic E-state index is -1.12. The average molecular weight is 536 g/mol. The second kappa shape index (κ2) is 11.0. The maximum absolute atomic E-state index is 14.2. The van der Waals surface area contributed by atoms with Gasteiger partial charge in [-0.1, -0.05) is 30.3 Å². The Hall–Kier alpha value is -3.43. The van der Waals surface area contributed by atoms with Crippen LogP contribution in [0, 0.1) is 11.8 Å². The molecule has 0 radical (unpaired) electrons. The summed E-state index contributed by atoms with van der Waals surface area (Å²) in [6.45, 7) is 5.85. The van der Waals surface area contributed by atoms with Crippen molar-refractivity contribution in [1.29, 1.82) is 0 Å². The highest BCUT2D eigenvalue weighted by atomic mass is 16.5. The zero-order valence-electron chi connectivity index (χ0n) is 22.6. The molecule has 3 aliphatic heterocycles. The number of ether oxygens (including phenoxy) is 2. The minimum absolute atomic E-state index is 0.149. The Kier molecular flexibility index (Phi) is 7.64. The third kappa shape index (κ3) is 4.89. The van der Waals surface area contributed by atoms with Crippen LogP contribution in [0.1, 0.15) is 39.2 Å². The first kappa shape index (κ1) is 27.1. The Morgan fingerprint density at radius 2 is 1.85 bits per heavy atom. The Balaban J connectivity index is 1.46. The predicted octanol–water partition coefficient (Wildman–Crippen LogP) is 2.53. The van der Waals surface area contributed by atoms with Gasteiger partial charge >= 0.3 is 0 Å². The Morgan fingerprint density at radius 1 is 1.13 bits per heavy atom. The molecular weight excluding hydrogens is 498 g/mol. The molecule has 0 saturated carbocycles. The summed E-state index contributed by atoms with van der Waals surface area (Å²) in [6, 6.07) is 14.9. The number of carbonyl (C=O) groups excluding carboxylic acids is 3. The summed E-state index contributed by atoms with van der Waals surface area (Å²) in [5, 5.41) is 16.4. The fourth-order valence-corrected chi connectivity index (χ4v) is 6.61. The molecular formula is C30H37N3O6. The number of likely N-dealkylation sites (tertiary alicyclic amines) is 1. The number of amides is 3. The van der Waals surface area contributed by atoms with Gasteiger partial charge in [-0.3, -0.25) is 14.4 Å². The van der Waals surface area contributed by atoms with Crippen molar-refractivity contribution in [1.82, 2.24) is 10.2 Å². The molecule has 2 bridgehead atoms. The summed E-state index contributed by atoms with van der Waals surface area (Å²) < 4.78 is 12.0. The summed E-state index contributed by atoms with van der Waals surface area (Å²) in [4.78, 5) is 43.0. The molecule has 208 valence electrons. The lowest BCUT2D eigenvalue weighted by Crippen LogP contribution is -2.59. The van der Waals surface area contributed by atoms with Crippen molar-refractivity contribution < 1.29 is 29.0 Å². The number of nitrogens with zero attached hydrogens (tertiary/aromatic N) is 1. The smallest absolute Gasteiger partial charge is 0.246 e. The van der Waals surface area contributed by atoms with E-state index in [0.717, 1.165) is 5.56 Å². The van der Waals surface area contributed by atoms with E-state index >= 15 is 0 Å². The number of anilines is 1. The first-order valence-corrected chi connectivity index (χ1v) is 13.8. The van der Waals surface area contributed by atoms with E-state index in [0.29, 0.717) is 37.3 Å². The van der Waals surface area contributed by atoms with Crippen LogP contribution in [0.2, 0.25) is 0 Å². The van der Waals surface area contributed by atoms with Crippen LogP contribution in [0.3, 0.4) is 0 Å². The fourth-order valence-electron chi connectivity index (χ4n) is 6.61. The normalized spacial score (nSPS) is 27.9. The van der Waals surface area contributed by atoms with Crippen LogP contribution in [0.5, 0.6) is 5.75 Å². The number of carbonyl (C=O) groups is 3. The zero-order valence-corrected chi connectivity index (χ0v) is 22.6. The van der Waals surface area contributed by atoms with Crippen LogP contribution in [0.15, 0.2) is 54.6 Å². The highest BCUT2D eigenvalue weighted by Gasteiger charge is 2.75. The van der Waals surface area contributed by atoms with Crippen LogP contribution in [-0.4, -0.2) is 70.8 Å². The molecule has 5 rings (SSSR count). The second-order valence-corrected chi connectivity index (χ2v) is 10.9. The van der Waals surface area contributed by atoms with Crippen molar-refractivity contribution in [3.8, 4) is 5.75 Å². The Morgan fingerprint density at radius 3 is 2.49 bits per heavy atom. The van der Waals surface area contributed by atoms with Gasteiger partial charge in [0.15, 0.2) is 0 Å². The van der Waals surface area contributed by atoms with E-state index in [9.17, 15) is 19.5 Å². The molecule has 2 unspecified atom stereocenters. The molecule has 0 aliphatic carbocycles. The number of fused-ring (bicyclic) bond motifs is 1. The third-order valence-electron chi connectivity index (χ3n) is 8.07. The molecule has 39 heavy (non-hydrogen) atoms. The quantitative estimate of drug-likeness (QED) is 0.431. The van der Waals surface area contributed by atoms with Gasteiger partial charge in [-0.15, -0.1) is 0 Å². The SMILES string of the molecule is CCOc1ccc(NC(=O)[C@@H]2[C@@H]3CCC4(O3)C(C(=O)NC(C)C)N([C@@H](CO)Cc3ccccc3)C(=O)[C@H]24)cc1. The van der Waals surface area contributed by atoms with Crippen LogP contribution in [-0.2, 0) is 25.5 Å². The van der Waals surface area contributed by atoms with Gasteiger partial charge in [0, 0.05) is 11.7 Å². The summed E-state index contributed by atoms with van der Waals surface area (Å²) in [5.74, 6) is -1.80.